The molecule has 1 aliphatic rings. The maximum absolute atomic E-state index is 12.9. The first-order chi connectivity index (χ1) is 13.6. The van der Waals surface area contributed by atoms with Gasteiger partial charge in [-0.1, -0.05) is 6.92 Å². The molecule has 2 amide bonds. The van der Waals surface area contributed by atoms with Crippen molar-refractivity contribution in [2.24, 2.45) is 0 Å². The minimum atomic E-state index is -0.0955. The number of fused-ring (bicyclic) bond motifs is 1. The van der Waals surface area contributed by atoms with Crippen LogP contribution in [0.15, 0.2) is 41.9 Å². The largest absolute Gasteiger partial charge is 0.382 e. The maximum Gasteiger partial charge on any atom is 0.322 e. The summed E-state index contributed by atoms with van der Waals surface area (Å²) in [4.78, 5) is 16.2. The SMILES string of the molecule is CC[C@@H]1c2ccsc2CCN1C(=O)Nc1ccc(-n2ncc(C#N)c2N)cc1. The number of rotatable bonds is 3. The van der Waals surface area contributed by atoms with Crippen LogP contribution in [0, 0.1) is 11.3 Å². The minimum absolute atomic E-state index is 0.0955. The van der Waals surface area contributed by atoms with Crippen molar-refractivity contribution in [3.8, 4) is 11.8 Å². The van der Waals surface area contributed by atoms with E-state index >= 15 is 0 Å². The number of benzene rings is 1. The van der Waals surface area contributed by atoms with Crippen LogP contribution in [0.2, 0.25) is 0 Å². The number of nitrogen functional groups attached to an aromatic ring is 1. The molecule has 3 aromatic rings. The van der Waals surface area contributed by atoms with E-state index in [4.69, 9.17) is 11.0 Å². The molecule has 1 aliphatic heterocycles. The minimum Gasteiger partial charge on any atom is -0.382 e. The number of hydrogen-bond donors (Lipinski definition) is 2. The van der Waals surface area contributed by atoms with Gasteiger partial charge in [-0.2, -0.15) is 10.4 Å². The van der Waals surface area contributed by atoms with Gasteiger partial charge in [0.15, 0.2) is 0 Å². The topological polar surface area (TPSA) is 100.0 Å². The van der Waals surface area contributed by atoms with Gasteiger partial charge < -0.3 is 16.0 Å². The van der Waals surface area contributed by atoms with Gasteiger partial charge in [0.1, 0.15) is 17.5 Å². The zero-order valence-corrected chi connectivity index (χ0v) is 16.2. The fraction of sp³-hybridized carbons (Fsp3) is 0.250. The molecule has 8 heteroatoms. The van der Waals surface area contributed by atoms with Crippen molar-refractivity contribution >= 4 is 28.9 Å². The molecule has 3 heterocycles. The number of urea groups is 1. The van der Waals surface area contributed by atoms with Gasteiger partial charge in [0.05, 0.1) is 17.9 Å². The van der Waals surface area contributed by atoms with Gasteiger partial charge in [0.25, 0.3) is 0 Å². The highest BCUT2D eigenvalue weighted by Gasteiger charge is 2.30. The summed E-state index contributed by atoms with van der Waals surface area (Å²) >= 11 is 1.77. The van der Waals surface area contributed by atoms with Crippen molar-refractivity contribution in [3.63, 3.8) is 0 Å². The molecule has 3 N–H and O–H groups in total. The summed E-state index contributed by atoms with van der Waals surface area (Å²) in [7, 11) is 0. The molecule has 0 bridgehead atoms. The van der Waals surface area contributed by atoms with E-state index in [1.807, 2.05) is 23.1 Å². The molecule has 0 aliphatic carbocycles. The lowest BCUT2D eigenvalue weighted by molar-refractivity contribution is 0.181. The van der Waals surface area contributed by atoms with E-state index in [-0.39, 0.29) is 12.1 Å². The summed E-state index contributed by atoms with van der Waals surface area (Å²) < 4.78 is 1.50. The number of nitrogens with zero attached hydrogens (tertiary/aromatic N) is 4. The predicted octanol–water partition coefficient (Wildman–Crippen LogP) is 3.93. The zero-order chi connectivity index (χ0) is 19.7. The molecule has 0 radical (unpaired) electrons. The van der Waals surface area contributed by atoms with Crippen LogP contribution in [0.25, 0.3) is 5.69 Å². The zero-order valence-electron chi connectivity index (χ0n) is 15.4. The highest BCUT2D eigenvalue weighted by molar-refractivity contribution is 7.10. The van der Waals surface area contributed by atoms with E-state index in [1.165, 1.54) is 21.3 Å². The Bertz CT molecular complexity index is 1050. The smallest absolute Gasteiger partial charge is 0.322 e. The summed E-state index contributed by atoms with van der Waals surface area (Å²) in [5.41, 5.74) is 8.96. The lowest BCUT2D eigenvalue weighted by Crippen LogP contribution is -2.41. The van der Waals surface area contributed by atoms with Crippen LogP contribution in [-0.4, -0.2) is 27.3 Å². The number of nitriles is 1. The Morgan fingerprint density at radius 2 is 2.18 bits per heavy atom. The number of aromatic nitrogens is 2. The lowest BCUT2D eigenvalue weighted by Gasteiger charge is -2.35. The van der Waals surface area contributed by atoms with Crippen molar-refractivity contribution in [2.45, 2.75) is 25.8 Å². The lowest BCUT2D eigenvalue weighted by atomic mass is 9.98. The standard InChI is InChI=1S/C20H20N6OS/c1-2-17-16-8-10-28-18(16)7-9-25(17)20(27)24-14-3-5-15(6-4-14)26-19(22)13(11-21)12-23-26/h3-6,8,10,12,17H,2,7,9,22H2,1H3,(H,24,27)/t17-/m1/s1. The predicted molar refractivity (Wildman–Crippen MR) is 109 cm³/mol. The van der Waals surface area contributed by atoms with Crippen molar-refractivity contribution in [1.29, 1.82) is 5.26 Å². The highest BCUT2D eigenvalue weighted by Crippen LogP contribution is 2.35. The number of nitrogens with two attached hydrogens (primary N) is 1. The first-order valence-electron chi connectivity index (χ1n) is 9.10. The van der Waals surface area contributed by atoms with E-state index in [0.29, 0.717) is 17.1 Å². The van der Waals surface area contributed by atoms with Crippen molar-refractivity contribution in [1.82, 2.24) is 14.7 Å². The molecule has 4 rings (SSSR count). The molecule has 0 saturated heterocycles. The second-order valence-electron chi connectivity index (χ2n) is 6.61. The highest BCUT2D eigenvalue weighted by atomic mass is 32.1. The number of anilines is 2. The Kier molecular flexibility index (Phi) is 4.75. The molecule has 28 heavy (non-hydrogen) atoms. The third kappa shape index (κ3) is 3.10. The Labute approximate surface area is 167 Å². The van der Waals surface area contributed by atoms with Gasteiger partial charge in [-0.3, -0.25) is 0 Å². The molecule has 0 saturated carbocycles. The molecular formula is C20H20N6OS. The second kappa shape index (κ2) is 7.37. The van der Waals surface area contributed by atoms with E-state index in [1.54, 1.807) is 23.5 Å². The van der Waals surface area contributed by atoms with Crippen LogP contribution >= 0.6 is 11.3 Å². The average molecular weight is 392 g/mol. The van der Waals surface area contributed by atoms with Crippen LogP contribution < -0.4 is 11.1 Å². The van der Waals surface area contributed by atoms with Gasteiger partial charge in [0, 0.05) is 17.1 Å². The molecule has 1 atom stereocenters. The summed E-state index contributed by atoms with van der Waals surface area (Å²) in [6, 6.07) is 11.4. The molecule has 0 unspecified atom stereocenters. The van der Waals surface area contributed by atoms with Crippen molar-refractivity contribution in [3.05, 3.63) is 57.9 Å². The second-order valence-corrected chi connectivity index (χ2v) is 7.61. The van der Waals surface area contributed by atoms with Crippen LogP contribution in [0.4, 0.5) is 16.3 Å². The number of hydrogen-bond acceptors (Lipinski definition) is 5. The van der Waals surface area contributed by atoms with Gasteiger partial charge >= 0.3 is 6.03 Å². The quantitative estimate of drug-likeness (QED) is 0.705. The summed E-state index contributed by atoms with van der Waals surface area (Å²) in [6.07, 6.45) is 3.22. The number of amides is 2. The Morgan fingerprint density at radius 3 is 2.86 bits per heavy atom. The van der Waals surface area contributed by atoms with Gasteiger partial charge in [-0.25, -0.2) is 9.48 Å². The van der Waals surface area contributed by atoms with E-state index in [2.05, 4.69) is 28.8 Å². The number of nitrogens with one attached hydrogen (secondary N) is 1. The van der Waals surface area contributed by atoms with Crippen LogP contribution in [-0.2, 0) is 6.42 Å². The van der Waals surface area contributed by atoms with Crippen LogP contribution in [0.3, 0.4) is 0 Å². The monoisotopic (exact) mass is 392 g/mol. The molecule has 2 aromatic heterocycles. The summed E-state index contributed by atoms with van der Waals surface area (Å²) in [5.74, 6) is 0.296. The van der Waals surface area contributed by atoms with E-state index in [9.17, 15) is 4.79 Å². The van der Waals surface area contributed by atoms with E-state index in [0.717, 1.165) is 25.1 Å². The third-order valence-corrected chi connectivity index (χ3v) is 6.03. The molecular weight excluding hydrogens is 372 g/mol. The van der Waals surface area contributed by atoms with E-state index < -0.39 is 0 Å². The third-order valence-electron chi connectivity index (χ3n) is 5.03. The number of carbonyl (C=O) groups is 1. The van der Waals surface area contributed by atoms with Crippen molar-refractivity contribution in [2.75, 3.05) is 17.6 Å². The summed E-state index contributed by atoms with van der Waals surface area (Å²) in [6.45, 7) is 2.83. The average Bonchev–Trinajstić information content (AvgIpc) is 3.34. The maximum atomic E-state index is 12.9. The molecule has 7 nitrogen and oxygen atoms in total. The summed E-state index contributed by atoms with van der Waals surface area (Å²) in [5, 5.41) is 18.2. The molecule has 1 aromatic carbocycles. The molecule has 142 valence electrons. The Morgan fingerprint density at radius 1 is 1.39 bits per heavy atom. The fourth-order valence-electron chi connectivity index (χ4n) is 3.61. The number of thiophene rings is 1. The first-order valence-corrected chi connectivity index (χ1v) is 9.98. The van der Waals surface area contributed by atoms with Gasteiger partial charge in [-0.15, -0.1) is 11.3 Å². The Hall–Kier alpha value is -3.31. The number of carbonyl (C=O) groups excluding carboxylic acids is 1. The molecule has 0 fully saturated rings. The first kappa shape index (κ1) is 18.1. The van der Waals surface area contributed by atoms with Crippen molar-refractivity contribution < 1.29 is 4.79 Å². The van der Waals surface area contributed by atoms with Gasteiger partial charge in [0.2, 0.25) is 0 Å². The van der Waals surface area contributed by atoms with Gasteiger partial charge in [-0.05, 0) is 54.1 Å². The van der Waals surface area contributed by atoms with Crippen LogP contribution in [0.1, 0.15) is 35.4 Å². The fourth-order valence-corrected chi connectivity index (χ4v) is 4.54. The normalized spacial score (nSPS) is 15.7. The molecule has 0 spiro atoms. The van der Waals surface area contributed by atoms with Crippen LogP contribution in [0.5, 0.6) is 0 Å². The Balaban J connectivity index is 1.49.